The zero-order valence-corrected chi connectivity index (χ0v) is 12.1. The van der Waals surface area contributed by atoms with Crippen LogP contribution in [0.1, 0.15) is 19.4 Å². The molecule has 0 spiro atoms. The van der Waals surface area contributed by atoms with Crippen LogP contribution in [0.5, 0.6) is 0 Å². The van der Waals surface area contributed by atoms with Gasteiger partial charge in [-0.2, -0.15) is 0 Å². The van der Waals surface area contributed by atoms with Crippen LogP contribution in [0.15, 0.2) is 30.5 Å². The summed E-state index contributed by atoms with van der Waals surface area (Å²) in [5.41, 5.74) is 3.22. The summed E-state index contributed by atoms with van der Waals surface area (Å²) in [5, 5.41) is 10.1. The van der Waals surface area contributed by atoms with E-state index in [1.165, 1.54) is 5.56 Å². The van der Waals surface area contributed by atoms with E-state index in [1.54, 1.807) is 13.1 Å². The molecule has 20 heavy (non-hydrogen) atoms. The van der Waals surface area contributed by atoms with Gasteiger partial charge in [0.25, 0.3) is 0 Å². The molecular formula is C16H20N2O2. The third-order valence-electron chi connectivity index (χ3n) is 3.57. The van der Waals surface area contributed by atoms with E-state index < -0.39 is 11.9 Å². The quantitative estimate of drug-likeness (QED) is 0.909. The normalized spacial score (nSPS) is 12.3. The van der Waals surface area contributed by atoms with Crippen molar-refractivity contribution < 1.29 is 9.90 Å². The molecule has 0 aliphatic heterocycles. The van der Waals surface area contributed by atoms with Gasteiger partial charge in [0, 0.05) is 30.9 Å². The smallest absolute Gasteiger partial charge is 0.308 e. The molecular weight excluding hydrogens is 252 g/mol. The Morgan fingerprint density at radius 3 is 2.80 bits per heavy atom. The third kappa shape index (κ3) is 2.90. The molecule has 1 atom stereocenters. The number of anilines is 1. The molecule has 0 bridgehead atoms. The highest BCUT2D eigenvalue weighted by atomic mass is 16.4. The standard InChI is InChI=1S/C16H20N2O2/c1-4-12-5-6-14-13(9-12)15(7-8-17-14)18(3)10-11(2)16(19)20/h5-9,11H,4,10H2,1-3H3,(H,19,20). The Morgan fingerprint density at radius 2 is 2.15 bits per heavy atom. The van der Waals surface area contributed by atoms with Gasteiger partial charge in [0.05, 0.1) is 11.4 Å². The maximum absolute atomic E-state index is 11.0. The van der Waals surface area contributed by atoms with Crippen LogP contribution in [0.4, 0.5) is 5.69 Å². The molecule has 1 N–H and O–H groups in total. The number of benzene rings is 1. The fourth-order valence-electron chi connectivity index (χ4n) is 2.32. The number of nitrogens with zero attached hydrogens (tertiary/aromatic N) is 2. The lowest BCUT2D eigenvalue weighted by molar-refractivity contribution is -0.140. The number of pyridine rings is 1. The summed E-state index contributed by atoms with van der Waals surface area (Å²) in [6, 6.07) is 8.18. The predicted molar refractivity (Wildman–Crippen MR) is 81.2 cm³/mol. The van der Waals surface area contributed by atoms with E-state index >= 15 is 0 Å². The van der Waals surface area contributed by atoms with E-state index in [-0.39, 0.29) is 0 Å². The van der Waals surface area contributed by atoms with Gasteiger partial charge >= 0.3 is 5.97 Å². The maximum Gasteiger partial charge on any atom is 0.308 e. The Hall–Kier alpha value is -2.10. The minimum Gasteiger partial charge on any atom is -0.481 e. The minimum absolute atomic E-state index is 0.405. The molecule has 106 valence electrons. The highest BCUT2D eigenvalue weighted by Gasteiger charge is 2.15. The first-order chi connectivity index (χ1) is 9.52. The molecule has 1 unspecified atom stereocenters. The second-order valence-corrected chi connectivity index (χ2v) is 5.15. The van der Waals surface area contributed by atoms with Crippen LogP contribution in [0, 0.1) is 5.92 Å². The first kappa shape index (κ1) is 14.3. The van der Waals surface area contributed by atoms with Crippen molar-refractivity contribution in [1.29, 1.82) is 0 Å². The van der Waals surface area contributed by atoms with E-state index in [4.69, 9.17) is 5.11 Å². The summed E-state index contributed by atoms with van der Waals surface area (Å²) in [4.78, 5) is 17.4. The number of fused-ring (bicyclic) bond motifs is 1. The molecule has 0 aliphatic rings. The molecule has 0 amide bonds. The highest BCUT2D eigenvalue weighted by Crippen LogP contribution is 2.26. The van der Waals surface area contributed by atoms with Gasteiger partial charge in [0.1, 0.15) is 0 Å². The van der Waals surface area contributed by atoms with Gasteiger partial charge < -0.3 is 10.0 Å². The number of hydrogen-bond acceptors (Lipinski definition) is 3. The SMILES string of the molecule is CCc1ccc2nccc(N(C)CC(C)C(=O)O)c2c1. The highest BCUT2D eigenvalue weighted by molar-refractivity contribution is 5.92. The Kier molecular flexibility index (Phi) is 4.23. The summed E-state index contributed by atoms with van der Waals surface area (Å²) in [7, 11) is 1.92. The van der Waals surface area contributed by atoms with Gasteiger partial charge in [0.2, 0.25) is 0 Å². The molecule has 0 aliphatic carbocycles. The van der Waals surface area contributed by atoms with Gasteiger partial charge in [-0.25, -0.2) is 0 Å². The predicted octanol–water partition coefficient (Wildman–Crippen LogP) is 2.95. The van der Waals surface area contributed by atoms with Crippen molar-refractivity contribution in [2.45, 2.75) is 20.3 Å². The number of rotatable bonds is 5. The number of carboxylic acid groups (broad SMARTS) is 1. The average Bonchev–Trinajstić information content (AvgIpc) is 2.45. The molecule has 1 heterocycles. The number of aromatic nitrogens is 1. The van der Waals surface area contributed by atoms with Gasteiger partial charge in [-0.1, -0.05) is 19.9 Å². The zero-order chi connectivity index (χ0) is 14.7. The van der Waals surface area contributed by atoms with E-state index in [0.717, 1.165) is 23.0 Å². The fourth-order valence-corrected chi connectivity index (χ4v) is 2.32. The molecule has 1 aromatic carbocycles. The lowest BCUT2D eigenvalue weighted by atomic mass is 10.1. The van der Waals surface area contributed by atoms with Crippen LogP contribution in [0.2, 0.25) is 0 Å². The molecule has 0 saturated heterocycles. The van der Waals surface area contributed by atoms with Crippen molar-refractivity contribution in [3.63, 3.8) is 0 Å². The van der Waals surface area contributed by atoms with Gasteiger partial charge in [-0.15, -0.1) is 0 Å². The summed E-state index contributed by atoms with van der Waals surface area (Å²) in [6.07, 6.45) is 2.74. The van der Waals surface area contributed by atoms with Crippen molar-refractivity contribution in [2.24, 2.45) is 5.92 Å². The van der Waals surface area contributed by atoms with Crippen LogP contribution in [0.3, 0.4) is 0 Å². The van der Waals surface area contributed by atoms with E-state index in [2.05, 4.69) is 24.0 Å². The Bertz CT molecular complexity index is 625. The van der Waals surface area contributed by atoms with E-state index in [1.807, 2.05) is 24.1 Å². The topological polar surface area (TPSA) is 53.4 Å². The zero-order valence-electron chi connectivity index (χ0n) is 12.1. The van der Waals surface area contributed by atoms with Gasteiger partial charge in [0.15, 0.2) is 0 Å². The molecule has 4 heteroatoms. The first-order valence-electron chi connectivity index (χ1n) is 6.84. The maximum atomic E-state index is 11.0. The summed E-state index contributed by atoms with van der Waals surface area (Å²) in [6.45, 7) is 4.32. The van der Waals surface area contributed by atoms with Crippen molar-refractivity contribution in [1.82, 2.24) is 4.98 Å². The number of hydrogen-bond donors (Lipinski definition) is 1. The average molecular weight is 272 g/mol. The molecule has 0 fully saturated rings. The number of aliphatic carboxylic acids is 1. The van der Waals surface area contributed by atoms with E-state index in [9.17, 15) is 4.79 Å². The van der Waals surface area contributed by atoms with E-state index in [0.29, 0.717) is 6.54 Å². The van der Waals surface area contributed by atoms with Crippen molar-refractivity contribution in [2.75, 3.05) is 18.5 Å². The fraction of sp³-hybridized carbons (Fsp3) is 0.375. The summed E-state index contributed by atoms with van der Waals surface area (Å²) in [5.74, 6) is -1.18. The minimum atomic E-state index is -0.774. The Morgan fingerprint density at radius 1 is 1.40 bits per heavy atom. The first-order valence-corrected chi connectivity index (χ1v) is 6.84. The number of carbonyl (C=O) groups is 1. The van der Waals surface area contributed by atoms with Crippen molar-refractivity contribution in [3.8, 4) is 0 Å². The summed E-state index contributed by atoms with van der Waals surface area (Å²) >= 11 is 0. The van der Waals surface area contributed by atoms with Gasteiger partial charge in [-0.05, 0) is 30.2 Å². The second kappa shape index (κ2) is 5.90. The monoisotopic (exact) mass is 272 g/mol. The Balaban J connectivity index is 2.40. The van der Waals surface area contributed by atoms with Gasteiger partial charge in [-0.3, -0.25) is 9.78 Å². The molecule has 2 aromatic rings. The number of aryl methyl sites for hydroxylation is 1. The third-order valence-corrected chi connectivity index (χ3v) is 3.57. The van der Waals surface area contributed by atoms with Crippen LogP contribution in [-0.4, -0.2) is 29.7 Å². The summed E-state index contributed by atoms with van der Waals surface area (Å²) < 4.78 is 0. The number of carboxylic acids is 1. The van der Waals surface area contributed by atoms with Crippen LogP contribution in [0.25, 0.3) is 10.9 Å². The molecule has 1 aromatic heterocycles. The Labute approximate surface area is 119 Å². The molecule has 0 radical (unpaired) electrons. The molecule has 4 nitrogen and oxygen atoms in total. The molecule has 2 rings (SSSR count). The lowest BCUT2D eigenvalue weighted by Gasteiger charge is -2.23. The van der Waals surface area contributed by atoms with Crippen LogP contribution < -0.4 is 4.90 Å². The van der Waals surface area contributed by atoms with Crippen LogP contribution >= 0.6 is 0 Å². The lowest BCUT2D eigenvalue weighted by Crippen LogP contribution is -2.28. The second-order valence-electron chi connectivity index (χ2n) is 5.15. The van der Waals surface area contributed by atoms with Crippen molar-refractivity contribution >= 4 is 22.6 Å². The largest absolute Gasteiger partial charge is 0.481 e. The van der Waals surface area contributed by atoms with Crippen LogP contribution in [-0.2, 0) is 11.2 Å². The van der Waals surface area contributed by atoms with Crippen molar-refractivity contribution in [3.05, 3.63) is 36.0 Å². The molecule has 0 saturated carbocycles.